The van der Waals surface area contributed by atoms with Gasteiger partial charge in [-0.15, -0.1) is 0 Å². The van der Waals surface area contributed by atoms with E-state index in [0.717, 1.165) is 33.5 Å². The molecule has 35 heavy (non-hydrogen) atoms. The standard InChI is InChI=1S/C29H25N3O2S/c1-2-34-25-11-6-12-26-27(25)31-29(35-26)32(20-23-10-7-17-30-19-23)28(33)24-15-13-22(14-16-24)18-21-8-4-3-5-9-21/h3-17,19H,2,18,20H2,1H3. The van der Waals surface area contributed by atoms with Gasteiger partial charge in [-0.3, -0.25) is 14.7 Å². The van der Waals surface area contributed by atoms with Crippen molar-refractivity contribution < 1.29 is 9.53 Å². The number of carbonyl (C=O) groups is 1. The quantitative estimate of drug-likeness (QED) is 0.254. The minimum atomic E-state index is -0.0999. The first-order chi connectivity index (χ1) is 17.2. The van der Waals surface area contributed by atoms with Gasteiger partial charge in [-0.05, 0) is 60.4 Å². The zero-order valence-electron chi connectivity index (χ0n) is 19.4. The van der Waals surface area contributed by atoms with E-state index in [1.165, 1.54) is 16.9 Å². The maximum Gasteiger partial charge on any atom is 0.260 e. The fourth-order valence-corrected chi connectivity index (χ4v) is 4.93. The highest BCUT2D eigenvalue weighted by Gasteiger charge is 2.23. The number of fused-ring (bicyclic) bond motifs is 1. The lowest BCUT2D eigenvalue weighted by Crippen LogP contribution is -2.30. The number of ether oxygens (including phenoxy) is 1. The predicted octanol–water partition coefficient (Wildman–Crippen LogP) is 6.53. The van der Waals surface area contributed by atoms with Gasteiger partial charge in [-0.25, -0.2) is 4.98 Å². The molecule has 0 aliphatic carbocycles. The van der Waals surface area contributed by atoms with Crippen LogP contribution in [0.1, 0.15) is 34.0 Å². The molecule has 0 aliphatic heterocycles. The monoisotopic (exact) mass is 479 g/mol. The van der Waals surface area contributed by atoms with Crippen LogP contribution in [0.25, 0.3) is 10.2 Å². The van der Waals surface area contributed by atoms with Crippen molar-refractivity contribution in [3.63, 3.8) is 0 Å². The number of anilines is 1. The maximum atomic E-state index is 13.7. The van der Waals surface area contributed by atoms with Crippen LogP contribution in [-0.4, -0.2) is 22.5 Å². The van der Waals surface area contributed by atoms with Crippen molar-refractivity contribution >= 4 is 32.6 Å². The molecule has 1 amide bonds. The summed E-state index contributed by atoms with van der Waals surface area (Å²) in [5, 5.41) is 0.634. The Balaban J connectivity index is 1.47. The van der Waals surface area contributed by atoms with E-state index in [1.54, 1.807) is 17.3 Å². The number of pyridine rings is 1. The average molecular weight is 480 g/mol. The molecule has 6 heteroatoms. The fraction of sp³-hybridized carbons (Fsp3) is 0.138. The minimum Gasteiger partial charge on any atom is -0.492 e. The Kier molecular flexibility index (Phi) is 6.82. The highest BCUT2D eigenvalue weighted by molar-refractivity contribution is 7.22. The summed E-state index contributed by atoms with van der Waals surface area (Å²) in [5.74, 6) is 0.628. The molecule has 3 aromatic carbocycles. The van der Waals surface area contributed by atoms with Crippen molar-refractivity contribution in [1.82, 2.24) is 9.97 Å². The molecule has 5 aromatic rings. The van der Waals surface area contributed by atoms with Crippen LogP contribution in [0, 0.1) is 0 Å². The van der Waals surface area contributed by atoms with Crippen LogP contribution in [0.15, 0.2) is 97.3 Å². The summed E-state index contributed by atoms with van der Waals surface area (Å²) in [6.45, 7) is 2.88. The van der Waals surface area contributed by atoms with Gasteiger partial charge in [0.15, 0.2) is 5.13 Å². The van der Waals surface area contributed by atoms with Gasteiger partial charge in [-0.1, -0.05) is 65.9 Å². The van der Waals surface area contributed by atoms with E-state index >= 15 is 0 Å². The van der Waals surface area contributed by atoms with Gasteiger partial charge in [0.2, 0.25) is 0 Å². The van der Waals surface area contributed by atoms with Gasteiger partial charge in [0.1, 0.15) is 11.3 Å². The third kappa shape index (κ3) is 5.23. The number of nitrogens with zero attached hydrogens (tertiary/aromatic N) is 3. The molecule has 0 saturated carbocycles. The number of carbonyl (C=O) groups excluding carboxylic acids is 1. The van der Waals surface area contributed by atoms with Crippen LogP contribution in [0.5, 0.6) is 5.75 Å². The number of benzene rings is 3. The number of hydrogen-bond acceptors (Lipinski definition) is 5. The van der Waals surface area contributed by atoms with Crippen LogP contribution in [0.2, 0.25) is 0 Å². The second-order valence-corrected chi connectivity index (χ2v) is 9.15. The third-order valence-corrected chi connectivity index (χ3v) is 6.71. The number of thiazole rings is 1. The Morgan fingerprint density at radius 2 is 1.66 bits per heavy atom. The molecule has 0 aliphatic rings. The van der Waals surface area contributed by atoms with E-state index in [2.05, 4.69) is 17.1 Å². The lowest BCUT2D eigenvalue weighted by Gasteiger charge is -2.20. The summed E-state index contributed by atoms with van der Waals surface area (Å²) in [6.07, 6.45) is 4.34. The largest absolute Gasteiger partial charge is 0.492 e. The van der Waals surface area contributed by atoms with Crippen LogP contribution >= 0.6 is 11.3 Å². The number of rotatable bonds is 8. The average Bonchev–Trinajstić information content (AvgIpc) is 3.34. The number of aromatic nitrogens is 2. The van der Waals surface area contributed by atoms with Crippen LogP contribution in [-0.2, 0) is 13.0 Å². The number of para-hydroxylation sites is 1. The van der Waals surface area contributed by atoms with Gasteiger partial charge < -0.3 is 4.74 Å². The molecule has 2 aromatic heterocycles. The van der Waals surface area contributed by atoms with Crippen LogP contribution in [0.4, 0.5) is 5.13 Å². The van der Waals surface area contributed by atoms with Crippen LogP contribution in [0.3, 0.4) is 0 Å². The summed E-state index contributed by atoms with van der Waals surface area (Å²) in [4.78, 5) is 24.5. The maximum absolute atomic E-state index is 13.7. The molecule has 0 fully saturated rings. The highest BCUT2D eigenvalue weighted by atomic mass is 32.1. The Labute approximate surface area is 208 Å². The predicted molar refractivity (Wildman–Crippen MR) is 141 cm³/mol. The Hall–Kier alpha value is -4.03. The summed E-state index contributed by atoms with van der Waals surface area (Å²) >= 11 is 1.49. The van der Waals surface area contributed by atoms with E-state index in [9.17, 15) is 4.79 Å². The zero-order chi connectivity index (χ0) is 24.0. The molecule has 5 nitrogen and oxygen atoms in total. The smallest absolute Gasteiger partial charge is 0.260 e. The summed E-state index contributed by atoms with van der Waals surface area (Å²) in [7, 11) is 0. The molecule has 0 spiro atoms. The van der Waals surface area contributed by atoms with Crippen molar-refractivity contribution in [2.45, 2.75) is 19.9 Å². The SMILES string of the molecule is CCOc1cccc2sc(N(Cc3cccnc3)C(=O)c3ccc(Cc4ccccc4)cc3)nc12. The van der Waals surface area contributed by atoms with Crippen molar-refractivity contribution in [3.8, 4) is 5.75 Å². The lowest BCUT2D eigenvalue weighted by molar-refractivity contribution is 0.0985. The van der Waals surface area contributed by atoms with E-state index in [-0.39, 0.29) is 5.91 Å². The van der Waals surface area contributed by atoms with Crippen molar-refractivity contribution in [2.75, 3.05) is 11.5 Å². The molecule has 2 heterocycles. The Morgan fingerprint density at radius 3 is 2.40 bits per heavy atom. The molecule has 0 N–H and O–H groups in total. The number of amides is 1. The Bertz CT molecular complexity index is 1420. The summed E-state index contributed by atoms with van der Waals surface area (Å²) in [5.41, 5.74) is 4.73. The summed E-state index contributed by atoms with van der Waals surface area (Å²) in [6, 6.07) is 27.9. The van der Waals surface area contributed by atoms with E-state index in [4.69, 9.17) is 9.72 Å². The first-order valence-corrected chi connectivity index (χ1v) is 12.4. The van der Waals surface area contributed by atoms with Crippen molar-refractivity contribution in [2.24, 2.45) is 0 Å². The van der Waals surface area contributed by atoms with Gasteiger partial charge >= 0.3 is 0 Å². The fourth-order valence-electron chi connectivity index (χ4n) is 3.95. The normalized spacial score (nSPS) is 10.9. The first-order valence-electron chi connectivity index (χ1n) is 11.6. The number of hydrogen-bond donors (Lipinski definition) is 0. The molecular weight excluding hydrogens is 454 g/mol. The topological polar surface area (TPSA) is 55.3 Å². The molecule has 174 valence electrons. The molecule has 0 bridgehead atoms. The highest BCUT2D eigenvalue weighted by Crippen LogP contribution is 2.35. The van der Waals surface area contributed by atoms with Crippen molar-refractivity contribution in [3.05, 3.63) is 120 Å². The second-order valence-electron chi connectivity index (χ2n) is 8.14. The Morgan fingerprint density at radius 1 is 0.886 bits per heavy atom. The second kappa shape index (κ2) is 10.5. The van der Waals surface area contributed by atoms with E-state index in [1.807, 2.05) is 79.7 Å². The van der Waals surface area contributed by atoms with Crippen LogP contribution < -0.4 is 9.64 Å². The van der Waals surface area contributed by atoms with Crippen molar-refractivity contribution in [1.29, 1.82) is 0 Å². The molecule has 0 unspecified atom stereocenters. The van der Waals surface area contributed by atoms with Gasteiger partial charge in [0, 0.05) is 18.0 Å². The summed E-state index contributed by atoms with van der Waals surface area (Å²) < 4.78 is 6.75. The van der Waals surface area contributed by atoms with Gasteiger partial charge in [0.25, 0.3) is 5.91 Å². The molecule has 0 atom stereocenters. The van der Waals surface area contributed by atoms with E-state index in [0.29, 0.717) is 23.8 Å². The van der Waals surface area contributed by atoms with Gasteiger partial charge in [-0.2, -0.15) is 0 Å². The first kappa shape index (κ1) is 22.7. The minimum absolute atomic E-state index is 0.0999. The molecule has 5 rings (SSSR count). The molecule has 0 saturated heterocycles. The zero-order valence-corrected chi connectivity index (χ0v) is 20.2. The van der Waals surface area contributed by atoms with E-state index < -0.39 is 0 Å². The third-order valence-electron chi connectivity index (χ3n) is 5.66. The molecular formula is C29H25N3O2S. The lowest BCUT2D eigenvalue weighted by atomic mass is 10.0. The molecule has 0 radical (unpaired) electrons. The van der Waals surface area contributed by atoms with Gasteiger partial charge in [0.05, 0.1) is 17.9 Å².